The molecule has 0 unspecified atom stereocenters. The van der Waals surface area contributed by atoms with Crippen LogP contribution >= 0.6 is 11.6 Å². The summed E-state index contributed by atoms with van der Waals surface area (Å²) < 4.78 is 53.1. The van der Waals surface area contributed by atoms with Gasteiger partial charge in [0.2, 0.25) is 0 Å². The molecule has 0 bridgehead atoms. The third-order valence-electron chi connectivity index (χ3n) is 2.98. The highest BCUT2D eigenvalue weighted by molar-refractivity contribution is 6.33. The number of ether oxygens (including phenoxy) is 3. The van der Waals surface area contributed by atoms with Gasteiger partial charge in [0.25, 0.3) is 0 Å². The second-order valence-electron chi connectivity index (χ2n) is 4.47. The molecule has 2 heterocycles. The molecule has 1 aromatic heterocycles. The highest BCUT2D eigenvalue weighted by Gasteiger charge is 2.43. The minimum atomic E-state index is -3.79. The summed E-state index contributed by atoms with van der Waals surface area (Å²) in [7, 11) is 1.12. The predicted molar refractivity (Wildman–Crippen MR) is 72.2 cm³/mol. The van der Waals surface area contributed by atoms with Crippen LogP contribution < -0.4 is 9.47 Å². The van der Waals surface area contributed by atoms with Crippen LogP contribution in [0.3, 0.4) is 0 Å². The van der Waals surface area contributed by atoms with Gasteiger partial charge in [-0.3, -0.25) is 0 Å². The number of alkyl halides is 2. The first-order valence-electron chi connectivity index (χ1n) is 6.15. The first-order valence-corrected chi connectivity index (χ1v) is 6.53. The lowest BCUT2D eigenvalue weighted by atomic mass is 10.1. The average Bonchev–Trinajstić information content (AvgIpc) is 2.79. The quantitative estimate of drug-likeness (QED) is 0.778. The number of carbonyl (C=O) groups excluding carboxylic acids is 1. The number of carbonyl (C=O) groups is 1. The Morgan fingerprint density at radius 3 is 2.65 bits per heavy atom. The molecule has 0 saturated heterocycles. The molecule has 2 aromatic rings. The molecule has 3 rings (SSSR count). The van der Waals surface area contributed by atoms with Crippen molar-refractivity contribution in [2.24, 2.45) is 0 Å². The fourth-order valence-corrected chi connectivity index (χ4v) is 2.22. The number of esters is 1. The minimum Gasteiger partial charge on any atom is -0.464 e. The number of methoxy groups -OCH3 is 1. The summed E-state index contributed by atoms with van der Waals surface area (Å²) in [6.07, 6.45) is -3.79. The van der Waals surface area contributed by atoms with E-state index >= 15 is 0 Å². The molecule has 5 nitrogen and oxygen atoms in total. The van der Waals surface area contributed by atoms with Gasteiger partial charge in [-0.1, -0.05) is 11.6 Å². The number of hydrogen-bond donors (Lipinski definition) is 0. The maximum atomic E-state index is 14.1. The second-order valence-corrected chi connectivity index (χ2v) is 4.88. The van der Waals surface area contributed by atoms with Crippen molar-refractivity contribution in [2.45, 2.75) is 6.29 Å². The Labute approximate surface area is 132 Å². The fraction of sp³-hybridized carbons (Fsp3) is 0.143. The summed E-state index contributed by atoms with van der Waals surface area (Å²) in [6, 6.07) is 4.48. The van der Waals surface area contributed by atoms with Crippen LogP contribution in [0.5, 0.6) is 11.5 Å². The van der Waals surface area contributed by atoms with Crippen molar-refractivity contribution in [1.82, 2.24) is 4.98 Å². The minimum absolute atomic E-state index is 0.101. The zero-order valence-corrected chi connectivity index (χ0v) is 12.2. The Morgan fingerprint density at radius 1 is 1.26 bits per heavy atom. The van der Waals surface area contributed by atoms with Crippen LogP contribution in [-0.2, 0) is 4.74 Å². The van der Waals surface area contributed by atoms with E-state index < -0.39 is 18.1 Å². The highest BCUT2D eigenvalue weighted by Crippen LogP contribution is 2.43. The molecule has 0 fully saturated rings. The lowest BCUT2D eigenvalue weighted by Gasteiger charge is -2.07. The Kier molecular flexibility index (Phi) is 3.56. The topological polar surface area (TPSA) is 57.7 Å². The number of aromatic nitrogens is 1. The van der Waals surface area contributed by atoms with Crippen molar-refractivity contribution in [1.29, 1.82) is 0 Å². The van der Waals surface area contributed by atoms with Gasteiger partial charge < -0.3 is 14.2 Å². The normalized spacial score (nSPS) is 14.7. The number of hydrogen-bond acceptors (Lipinski definition) is 5. The van der Waals surface area contributed by atoms with Crippen molar-refractivity contribution >= 4 is 17.6 Å². The van der Waals surface area contributed by atoms with Gasteiger partial charge in [-0.15, -0.1) is 8.78 Å². The Morgan fingerprint density at radius 2 is 1.96 bits per heavy atom. The Bertz CT molecular complexity index is 813. The van der Waals surface area contributed by atoms with E-state index in [9.17, 15) is 18.0 Å². The molecule has 0 atom stereocenters. The maximum Gasteiger partial charge on any atom is 0.586 e. The van der Waals surface area contributed by atoms with Crippen molar-refractivity contribution in [3.05, 3.63) is 40.8 Å². The fourth-order valence-electron chi connectivity index (χ4n) is 2.01. The molecule has 0 spiro atoms. The number of nitrogens with zero attached hydrogens (tertiary/aromatic N) is 1. The average molecular weight is 346 g/mol. The molecule has 120 valence electrons. The molecule has 0 amide bonds. The van der Waals surface area contributed by atoms with Crippen LogP contribution in [0, 0.1) is 5.82 Å². The molecule has 0 radical (unpaired) electrons. The lowest BCUT2D eigenvalue weighted by Crippen LogP contribution is -2.25. The zero-order valence-electron chi connectivity index (χ0n) is 11.4. The van der Waals surface area contributed by atoms with Crippen molar-refractivity contribution in [3.8, 4) is 22.8 Å². The Hall–Kier alpha value is -2.48. The van der Waals surface area contributed by atoms with E-state index in [0.717, 1.165) is 19.2 Å². The SMILES string of the molecule is COC(=O)c1nc(-c2ccc3c(c2)OC(F)(F)O3)c(F)cc1Cl. The molecule has 9 heteroatoms. The van der Waals surface area contributed by atoms with Gasteiger partial charge in [0.15, 0.2) is 23.0 Å². The van der Waals surface area contributed by atoms with E-state index in [2.05, 4.69) is 19.2 Å². The summed E-state index contributed by atoms with van der Waals surface area (Å²) in [4.78, 5) is 15.4. The first kappa shape index (κ1) is 15.4. The van der Waals surface area contributed by atoms with E-state index in [1.54, 1.807) is 0 Å². The second kappa shape index (κ2) is 5.31. The van der Waals surface area contributed by atoms with Crippen molar-refractivity contribution < 1.29 is 32.2 Å². The van der Waals surface area contributed by atoms with Gasteiger partial charge in [-0.2, -0.15) is 0 Å². The largest absolute Gasteiger partial charge is 0.586 e. The lowest BCUT2D eigenvalue weighted by molar-refractivity contribution is -0.286. The number of benzene rings is 1. The van der Waals surface area contributed by atoms with E-state index in [-0.39, 0.29) is 33.5 Å². The number of rotatable bonds is 2. The molecule has 23 heavy (non-hydrogen) atoms. The van der Waals surface area contributed by atoms with Crippen molar-refractivity contribution in [2.75, 3.05) is 7.11 Å². The molecule has 1 aromatic carbocycles. The van der Waals surface area contributed by atoms with E-state index in [4.69, 9.17) is 11.6 Å². The first-order chi connectivity index (χ1) is 10.8. The number of pyridine rings is 1. The molecular formula is C14H7ClF3NO4. The Balaban J connectivity index is 2.08. The van der Waals surface area contributed by atoms with Gasteiger partial charge in [-0.25, -0.2) is 14.2 Å². The smallest absolute Gasteiger partial charge is 0.464 e. The third kappa shape index (κ3) is 2.77. The summed E-state index contributed by atoms with van der Waals surface area (Å²) in [5.41, 5.74) is -0.464. The summed E-state index contributed by atoms with van der Waals surface area (Å²) in [6.45, 7) is 0. The summed E-state index contributed by atoms with van der Waals surface area (Å²) in [5.74, 6) is -2.17. The van der Waals surface area contributed by atoms with Gasteiger partial charge >= 0.3 is 12.3 Å². The van der Waals surface area contributed by atoms with E-state index in [1.165, 1.54) is 12.1 Å². The summed E-state index contributed by atoms with van der Waals surface area (Å²) >= 11 is 5.75. The zero-order chi connectivity index (χ0) is 16.8. The predicted octanol–water partition coefficient (Wildman–Crippen LogP) is 3.65. The maximum absolute atomic E-state index is 14.1. The highest BCUT2D eigenvalue weighted by atomic mass is 35.5. The van der Waals surface area contributed by atoms with Gasteiger partial charge in [0.1, 0.15) is 5.69 Å². The molecular weight excluding hydrogens is 339 g/mol. The van der Waals surface area contributed by atoms with Crippen LogP contribution in [0.15, 0.2) is 24.3 Å². The van der Waals surface area contributed by atoms with Crippen LogP contribution in [-0.4, -0.2) is 24.4 Å². The number of fused-ring (bicyclic) bond motifs is 1. The molecule has 0 saturated carbocycles. The van der Waals surface area contributed by atoms with Crippen LogP contribution in [0.2, 0.25) is 5.02 Å². The van der Waals surface area contributed by atoms with Crippen LogP contribution in [0.4, 0.5) is 13.2 Å². The van der Waals surface area contributed by atoms with Gasteiger partial charge in [0, 0.05) is 5.56 Å². The van der Waals surface area contributed by atoms with Crippen LogP contribution in [0.1, 0.15) is 10.5 Å². The molecule has 1 aliphatic heterocycles. The van der Waals surface area contributed by atoms with Crippen molar-refractivity contribution in [3.63, 3.8) is 0 Å². The van der Waals surface area contributed by atoms with Gasteiger partial charge in [0.05, 0.1) is 12.1 Å². The van der Waals surface area contributed by atoms with Crippen LogP contribution in [0.25, 0.3) is 11.3 Å². The van der Waals surface area contributed by atoms with E-state index in [1.807, 2.05) is 0 Å². The molecule has 0 aliphatic carbocycles. The third-order valence-corrected chi connectivity index (χ3v) is 3.27. The van der Waals surface area contributed by atoms with E-state index in [0.29, 0.717) is 0 Å². The van der Waals surface area contributed by atoms with Gasteiger partial charge in [-0.05, 0) is 24.3 Å². The molecule has 0 N–H and O–H groups in total. The summed E-state index contributed by atoms with van der Waals surface area (Å²) in [5, 5.41) is -0.231. The molecule has 1 aliphatic rings. The standard InChI is InChI=1S/C14H7ClF3NO4/c1-21-13(20)12-7(15)5-8(16)11(19-12)6-2-3-9-10(4-6)23-14(17,18)22-9/h2-5H,1H3. The number of halogens is 4. The monoisotopic (exact) mass is 345 g/mol.